The number of nitrogens with zero attached hydrogens (tertiary/aromatic N) is 9. The van der Waals surface area contributed by atoms with Gasteiger partial charge in [-0.1, -0.05) is 48.5 Å². The Kier molecular flexibility index (Phi) is 7.61. The molecule has 0 amide bonds. The minimum Gasteiger partial charge on any atom is -0.291 e. The molecule has 9 heteroatoms. The van der Waals surface area contributed by atoms with Gasteiger partial charge in [0.1, 0.15) is 12.7 Å². The summed E-state index contributed by atoms with van der Waals surface area (Å²) in [6, 6.07) is 10.0. The Labute approximate surface area is 217 Å². The molecule has 37 heavy (non-hydrogen) atoms. The molecule has 0 aliphatic rings. The van der Waals surface area contributed by atoms with E-state index in [9.17, 15) is 0 Å². The average molecular weight is 498 g/mol. The van der Waals surface area contributed by atoms with Crippen molar-refractivity contribution in [3.63, 3.8) is 0 Å². The van der Waals surface area contributed by atoms with Crippen molar-refractivity contribution in [1.82, 2.24) is 43.6 Å². The van der Waals surface area contributed by atoms with E-state index >= 15 is 0 Å². The van der Waals surface area contributed by atoms with Crippen LogP contribution < -0.4 is 0 Å². The molecule has 0 atom stereocenters. The standard InChI is InChI=1S/C10H13N3.2C9H11N3/c1-10(2,3)8-4-5-13-7-11-6-9(13)12-8;1-7(2)8-4-6-12-9(11-8)3-5-10-12;1-7(2)9-4-3-8-5-10-6-12(8)11-9/h4-7H,1-3H3;2*3-7H,1-2H3. The maximum absolute atomic E-state index is 4.51. The number of fused-ring (bicyclic) bond motifs is 3. The summed E-state index contributed by atoms with van der Waals surface area (Å²) in [5.41, 5.74) is 6.28. The molecule has 6 aromatic heterocycles. The minimum atomic E-state index is 0.103. The van der Waals surface area contributed by atoms with E-state index in [-0.39, 0.29) is 5.41 Å². The van der Waals surface area contributed by atoms with E-state index in [4.69, 9.17) is 0 Å². The molecule has 0 fully saturated rings. The lowest BCUT2D eigenvalue weighted by Gasteiger charge is -2.17. The molecule has 0 spiro atoms. The van der Waals surface area contributed by atoms with E-state index in [1.54, 1.807) is 40.3 Å². The van der Waals surface area contributed by atoms with E-state index in [1.807, 2.05) is 47.1 Å². The van der Waals surface area contributed by atoms with E-state index < -0.39 is 0 Å². The first-order valence-electron chi connectivity index (χ1n) is 12.5. The van der Waals surface area contributed by atoms with Gasteiger partial charge in [0, 0.05) is 35.3 Å². The fraction of sp³-hybridized carbons (Fsp3) is 0.357. The molecule has 0 bridgehead atoms. The van der Waals surface area contributed by atoms with Crippen LogP contribution >= 0.6 is 0 Å². The van der Waals surface area contributed by atoms with Gasteiger partial charge in [-0.15, -0.1) is 0 Å². The highest BCUT2D eigenvalue weighted by Gasteiger charge is 2.15. The van der Waals surface area contributed by atoms with Crippen LogP contribution in [0.4, 0.5) is 0 Å². The first kappa shape index (κ1) is 25.9. The van der Waals surface area contributed by atoms with Gasteiger partial charge in [0.15, 0.2) is 11.3 Å². The van der Waals surface area contributed by atoms with Gasteiger partial charge in [0.2, 0.25) is 0 Å². The topological polar surface area (TPSA) is 90.6 Å². The molecule has 0 unspecified atom stereocenters. The quantitative estimate of drug-likeness (QED) is 0.303. The van der Waals surface area contributed by atoms with Crippen LogP contribution in [0.25, 0.3) is 16.8 Å². The number of imidazole rings is 2. The second-order valence-electron chi connectivity index (χ2n) is 10.5. The van der Waals surface area contributed by atoms with E-state index in [2.05, 4.69) is 78.6 Å². The van der Waals surface area contributed by atoms with Crippen LogP contribution in [-0.4, -0.2) is 43.6 Å². The monoisotopic (exact) mass is 497 g/mol. The summed E-state index contributed by atoms with van der Waals surface area (Å²) >= 11 is 0. The molecule has 0 saturated carbocycles. The van der Waals surface area contributed by atoms with Crippen LogP contribution in [0, 0.1) is 0 Å². The lowest BCUT2D eigenvalue weighted by molar-refractivity contribution is 0.569. The molecule has 0 saturated heterocycles. The zero-order valence-electron chi connectivity index (χ0n) is 22.6. The molecule has 9 nitrogen and oxygen atoms in total. The van der Waals surface area contributed by atoms with Gasteiger partial charge in [0.05, 0.1) is 29.8 Å². The van der Waals surface area contributed by atoms with Gasteiger partial charge < -0.3 is 0 Å². The minimum absolute atomic E-state index is 0.103. The van der Waals surface area contributed by atoms with Crippen LogP contribution in [0.5, 0.6) is 0 Å². The summed E-state index contributed by atoms with van der Waals surface area (Å²) in [5.74, 6) is 0.946. The van der Waals surface area contributed by atoms with Crippen molar-refractivity contribution < 1.29 is 0 Å². The third-order valence-electron chi connectivity index (χ3n) is 5.80. The highest BCUT2D eigenvalue weighted by Crippen LogP contribution is 2.20. The number of aromatic nitrogens is 9. The van der Waals surface area contributed by atoms with Gasteiger partial charge in [-0.25, -0.2) is 29.0 Å². The second kappa shape index (κ2) is 10.9. The molecule has 0 aliphatic carbocycles. The van der Waals surface area contributed by atoms with Gasteiger partial charge in [-0.2, -0.15) is 10.2 Å². The number of hydrogen-bond donors (Lipinski definition) is 0. The zero-order valence-corrected chi connectivity index (χ0v) is 22.6. The lowest BCUT2D eigenvalue weighted by atomic mass is 9.92. The summed E-state index contributed by atoms with van der Waals surface area (Å²) in [6.45, 7) is 15.0. The smallest absolute Gasteiger partial charge is 0.156 e. The van der Waals surface area contributed by atoms with Gasteiger partial charge in [-0.3, -0.25) is 4.40 Å². The fourth-order valence-corrected chi connectivity index (χ4v) is 3.52. The lowest BCUT2D eigenvalue weighted by Crippen LogP contribution is -2.13. The average Bonchev–Trinajstić information content (AvgIpc) is 3.63. The summed E-state index contributed by atoms with van der Waals surface area (Å²) in [5, 5.41) is 8.46. The first-order valence-corrected chi connectivity index (χ1v) is 12.5. The maximum Gasteiger partial charge on any atom is 0.156 e. The van der Waals surface area contributed by atoms with Crippen LogP contribution in [0.2, 0.25) is 0 Å². The fourth-order valence-electron chi connectivity index (χ4n) is 3.52. The second-order valence-corrected chi connectivity index (χ2v) is 10.5. The highest BCUT2D eigenvalue weighted by atomic mass is 15.2. The van der Waals surface area contributed by atoms with Crippen LogP contribution in [0.3, 0.4) is 0 Å². The molecular formula is C28H35N9. The van der Waals surface area contributed by atoms with Crippen molar-refractivity contribution in [2.24, 2.45) is 0 Å². The Hall–Kier alpha value is -4.14. The third-order valence-corrected chi connectivity index (χ3v) is 5.80. The summed E-state index contributed by atoms with van der Waals surface area (Å²) in [7, 11) is 0. The van der Waals surface area contributed by atoms with Crippen molar-refractivity contribution in [2.75, 3.05) is 0 Å². The molecule has 0 radical (unpaired) electrons. The molecule has 6 heterocycles. The van der Waals surface area contributed by atoms with Gasteiger partial charge in [-0.05, 0) is 36.1 Å². The molecule has 0 aromatic carbocycles. The molecule has 0 aliphatic heterocycles. The molecular weight excluding hydrogens is 462 g/mol. The van der Waals surface area contributed by atoms with Crippen LogP contribution in [0.15, 0.2) is 74.0 Å². The Bertz CT molecular complexity index is 1500. The largest absolute Gasteiger partial charge is 0.291 e. The van der Waals surface area contributed by atoms with Crippen molar-refractivity contribution in [1.29, 1.82) is 0 Å². The predicted molar refractivity (Wildman–Crippen MR) is 146 cm³/mol. The van der Waals surface area contributed by atoms with E-state index in [0.717, 1.165) is 33.9 Å². The van der Waals surface area contributed by atoms with Crippen molar-refractivity contribution >= 4 is 16.8 Å². The molecule has 192 valence electrons. The molecule has 6 rings (SSSR count). The summed E-state index contributed by atoms with van der Waals surface area (Å²) in [6.07, 6.45) is 12.8. The zero-order chi connectivity index (χ0) is 26.6. The molecule has 0 N–H and O–H groups in total. The van der Waals surface area contributed by atoms with Gasteiger partial charge >= 0.3 is 0 Å². The Morgan fingerprint density at radius 1 is 0.703 bits per heavy atom. The summed E-state index contributed by atoms with van der Waals surface area (Å²) in [4.78, 5) is 17.0. The van der Waals surface area contributed by atoms with E-state index in [1.165, 1.54) is 0 Å². The number of hydrogen-bond acceptors (Lipinski definition) is 6. The Balaban J connectivity index is 0.000000130. The Morgan fingerprint density at radius 2 is 1.46 bits per heavy atom. The van der Waals surface area contributed by atoms with Crippen molar-refractivity contribution in [3.8, 4) is 0 Å². The third kappa shape index (κ3) is 6.35. The maximum atomic E-state index is 4.51. The summed E-state index contributed by atoms with van der Waals surface area (Å²) < 4.78 is 5.48. The first-order chi connectivity index (χ1) is 17.6. The van der Waals surface area contributed by atoms with Crippen LogP contribution in [0.1, 0.15) is 77.4 Å². The van der Waals surface area contributed by atoms with E-state index in [0.29, 0.717) is 11.8 Å². The van der Waals surface area contributed by atoms with Crippen LogP contribution in [-0.2, 0) is 5.41 Å². The van der Waals surface area contributed by atoms with Crippen molar-refractivity contribution in [3.05, 3.63) is 91.1 Å². The van der Waals surface area contributed by atoms with Gasteiger partial charge in [0.25, 0.3) is 0 Å². The Morgan fingerprint density at radius 3 is 2.19 bits per heavy atom. The highest BCUT2D eigenvalue weighted by molar-refractivity contribution is 5.43. The predicted octanol–water partition coefficient (Wildman–Crippen LogP) is 5.73. The van der Waals surface area contributed by atoms with Crippen molar-refractivity contribution in [2.45, 2.75) is 65.7 Å². The molecule has 6 aromatic rings. The normalized spacial score (nSPS) is 11.6. The SMILES string of the molecule is CC(C)(C)c1ccn2cncc2n1.CC(C)c1ccc2cncn2n1.CC(C)c1ccn2nccc2n1. The number of rotatable bonds is 2.